The number of aromatic nitrogens is 3. The van der Waals surface area contributed by atoms with Gasteiger partial charge in [-0.1, -0.05) is 48.5 Å². The van der Waals surface area contributed by atoms with Gasteiger partial charge >= 0.3 is 0 Å². The van der Waals surface area contributed by atoms with Crippen molar-refractivity contribution in [1.82, 2.24) is 15.0 Å². The van der Waals surface area contributed by atoms with Crippen molar-refractivity contribution < 1.29 is 4.79 Å². The largest absolute Gasteiger partial charge is 0.321 e. The summed E-state index contributed by atoms with van der Waals surface area (Å²) < 4.78 is 0. The molecule has 29 heavy (non-hydrogen) atoms. The number of carbonyl (C=O) groups excluding carboxylic acids is 1. The molecular formula is C22H19N5OS. The van der Waals surface area contributed by atoms with Gasteiger partial charge in [0.25, 0.3) is 5.91 Å². The molecule has 1 amide bonds. The third-order valence-electron chi connectivity index (χ3n) is 4.40. The quantitative estimate of drug-likeness (QED) is 0.513. The second-order valence-electron chi connectivity index (χ2n) is 6.46. The van der Waals surface area contributed by atoms with Gasteiger partial charge in [-0.05, 0) is 24.6 Å². The number of rotatable bonds is 5. The number of carbonyl (C=O) groups is 1. The number of hydrogen-bond donors (Lipinski definition) is 1. The van der Waals surface area contributed by atoms with E-state index in [1.54, 1.807) is 11.6 Å². The predicted molar refractivity (Wildman–Crippen MR) is 117 cm³/mol. The summed E-state index contributed by atoms with van der Waals surface area (Å²) in [5.41, 5.74) is 4.04. The van der Waals surface area contributed by atoms with Crippen LogP contribution in [0.5, 0.6) is 0 Å². The van der Waals surface area contributed by atoms with E-state index in [2.05, 4.69) is 20.3 Å². The molecule has 2 heterocycles. The number of para-hydroxylation sites is 1. The average molecular weight is 401 g/mol. The van der Waals surface area contributed by atoms with E-state index in [9.17, 15) is 4.79 Å². The van der Waals surface area contributed by atoms with Crippen molar-refractivity contribution in [3.8, 4) is 11.3 Å². The van der Waals surface area contributed by atoms with E-state index in [1.165, 1.54) is 11.3 Å². The standard InChI is InChI=1S/C22H19N5OS/c1-15-13-23-21(25-19(15)16-9-5-3-6-10-16)26-20(28)18-14-29-22(24-18)27(2)17-11-7-4-8-12-17/h3-14H,1-2H3,(H,23,25,26,28). The Bertz CT molecular complexity index is 1130. The molecule has 0 aliphatic heterocycles. The first-order valence-corrected chi connectivity index (χ1v) is 9.94. The topological polar surface area (TPSA) is 71.0 Å². The third-order valence-corrected chi connectivity index (χ3v) is 5.32. The van der Waals surface area contributed by atoms with Gasteiger partial charge in [-0.2, -0.15) is 0 Å². The van der Waals surface area contributed by atoms with Crippen molar-refractivity contribution in [3.05, 3.63) is 83.5 Å². The maximum absolute atomic E-state index is 12.7. The van der Waals surface area contributed by atoms with Gasteiger partial charge in [-0.15, -0.1) is 11.3 Å². The maximum Gasteiger partial charge on any atom is 0.277 e. The van der Waals surface area contributed by atoms with Gasteiger partial charge in [0.15, 0.2) is 5.13 Å². The Labute approximate surface area is 172 Å². The lowest BCUT2D eigenvalue weighted by Crippen LogP contribution is -2.16. The minimum Gasteiger partial charge on any atom is -0.321 e. The molecule has 1 N–H and O–H groups in total. The van der Waals surface area contributed by atoms with Crippen molar-refractivity contribution >= 4 is 34.0 Å². The lowest BCUT2D eigenvalue weighted by atomic mass is 10.1. The Kier molecular flexibility index (Phi) is 5.31. The first-order chi connectivity index (χ1) is 14.1. The zero-order valence-corrected chi connectivity index (χ0v) is 16.9. The Morgan fingerprint density at radius 3 is 2.41 bits per heavy atom. The monoisotopic (exact) mass is 401 g/mol. The van der Waals surface area contributed by atoms with Gasteiger partial charge in [-0.25, -0.2) is 15.0 Å². The number of anilines is 3. The molecule has 0 saturated carbocycles. The Hall–Kier alpha value is -3.58. The van der Waals surface area contributed by atoms with E-state index in [0.717, 1.165) is 27.6 Å². The number of aryl methyl sites for hydroxylation is 1. The zero-order valence-electron chi connectivity index (χ0n) is 16.0. The van der Waals surface area contributed by atoms with Gasteiger partial charge in [-0.3, -0.25) is 10.1 Å². The number of amides is 1. The maximum atomic E-state index is 12.7. The first-order valence-electron chi connectivity index (χ1n) is 9.06. The fraction of sp³-hybridized carbons (Fsp3) is 0.0909. The van der Waals surface area contributed by atoms with Crippen LogP contribution in [-0.4, -0.2) is 27.9 Å². The van der Waals surface area contributed by atoms with Crippen molar-refractivity contribution in [2.75, 3.05) is 17.3 Å². The molecule has 2 aromatic heterocycles. The van der Waals surface area contributed by atoms with Crippen molar-refractivity contribution in [3.63, 3.8) is 0 Å². The van der Waals surface area contributed by atoms with Crippen LogP contribution in [0.15, 0.2) is 72.2 Å². The van der Waals surface area contributed by atoms with E-state index < -0.39 is 0 Å². The van der Waals surface area contributed by atoms with Crippen molar-refractivity contribution in [1.29, 1.82) is 0 Å². The molecule has 144 valence electrons. The lowest BCUT2D eigenvalue weighted by Gasteiger charge is -2.15. The molecule has 0 atom stereocenters. The van der Waals surface area contributed by atoms with Crippen LogP contribution < -0.4 is 10.2 Å². The molecule has 0 spiro atoms. The average Bonchev–Trinajstić information content (AvgIpc) is 3.26. The lowest BCUT2D eigenvalue weighted by molar-refractivity contribution is 0.102. The summed E-state index contributed by atoms with van der Waals surface area (Å²) in [5.74, 6) is -0.0813. The molecule has 0 saturated heterocycles. The fourth-order valence-corrected chi connectivity index (χ4v) is 3.63. The summed E-state index contributed by atoms with van der Waals surface area (Å²) in [6.45, 7) is 1.94. The SMILES string of the molecule is Cc1cnc(NC(=O)c2csc(N(C)c3ccccc3)n2)nc1-c1ccccc1. The minimum atomic E-state index is -0.336. The minimum absolute atomic E-state index is 0.255. The highest BCUT2D eigenvalue weighted by Gasteiger charge is 2.16. The van der Waals surface area contributed by atoms with E-state index in [4.69, 9.17) is 0 Å². The van der Waals surface area contributed by atoms with Gasteiger partial charge in [0.1, 0.15) is 5.69 Å². The third kappa shape index (κ3) is 4.14. The van der Waals surface area contributed by atoms with Crippen molar-refractivity contribution in [2.24, 2.45) is 0 Å². The van der Waals surface area contributed by atoms with E-state index >= 15 is 0 Å². The molecular weight excluding hydrogens is 382 g/mol. The van der Waals surface area contributed by atoms with Gasteiger partial charge in [0.05, 0.1) is 5.69 Å². The van der Waals surface area contributed by atoms with Gasteiger partial charge < -0.3 is 4.90 Å². The van der Waals surface area contributed by atoms with E-state index in [1.807, 2.05) is 79.5 Å². The first kappa shape index (κ1) is 18.8. The van der Waals surface area contributed by atoms with E-state index in [0.29, 0.717) is 5.69 Å². The number of nitrogens with zero attached hydrogens (tertiary/aromatic N) is 4. The highest BCUT2D eigenvalue weighted by atomic mass is 32.1. The molecule has 2 aromatic carbocycles. The number of hydrogen-bond acceptors (Lipinski definition) is 6. The molecule has 0 bridgehead atoms. The second-order valence-corrected chi connectivity index (χ2v) is 7.29. The smallest absolute Gasteiger partial charge is 0.277 e. The van der Waals surface area contributed by atoms with Gasteiger partial charge in [0.2, 0.25) is 5.95 Å². The Balaban J connectivity index is 1.53. The van der Waals surface area contributed by atoms with Crippen LogP contribution in [-0.2, 0) is 0 Å². The molecule has 0 aliphatic rings. The number of nitrogens with one attached hydrogen (secondary N) is 1. The van der Waals surface area contributed by atoms with Crippen LogP contribution in [0.2, 0.25) is 0 Å². The molecule has 0 unspecified atom stereocenters. The molecule has 7 heteroatoms. The summed E-state index contributed by atoms with van der Waals surface area (Å²) in [7, 11) is 1.92. The molecule has 0 radical (unpaired) electrons. The summed E-state index contributed by atoms with van der Waals surface area (Å²) in [6.07, 6.45) is 1.71. The highest BCUT2D eigenvalue weighted by molar-refractivity contribution is 7.14. The number of thiazole rings is 1. The highest BCUT2D eigenvalue weighted by Crippen LogP contribution is 2.27. The van der Waals surface area contributed by atoms with Crippen LogP contribution in [0, 0.1) is 6.92 Å². The van der Waals surface area contributed by atoms with Crippen LogP contribution >= 0.6 is 11.3 Å². The predicted octanol–water partition coefficient (Wildman–Crippen LogP) is 4.93. The second kappa shape index (κ2) is 8.20. The molecule has 0 aliphatic carbocycles. The molecule has 6 nitrogen and oxygen atoms in total. The summed E-state index contributed by atoms with van der Waals surface area (Å²) in [6, 6.07) is 19.7. The summed E-state index contributed by atoms with van der Waals surface area (Å²) in [4.78, 5) is 27.8. The van der Waals surface area contributed by atoms with Crippen LogP contribution in [0.25, 0.3) is 11.3 Å². The molecule has 0 fully saturated rings. The van der Waals surface area contributed by atoms with Crippen LogP contribution in [0.1, 0.15) is 16.1 Å². The zero-order chi connectivity index (χ0) is 20.2. The normalized spacial score (nSPS) is 10.6. The van der Waals surface area contributed by atoms with Gasteiger partial charge in [0, 0.05) is 29.9 Å². The van der Waals surface area contributed by atoms with Crippen LogP contribution in [0.3, 0.4) is 0 Å². The van der Waals surface area contributed by atoms with Crippen LogP contribution in [0.4, 0.5) is 16.8 Å². The van der Waals surface area contributed by atoms with E-state index in [-0.39, 0.29) is 11.9 Å². The number of benzene rings is 2. The molecule has 4 aromatic rings. The summed E-state index contributed by atoms with van der Waals surface area (Å²) in [5, 5.41) is 5.22. The fourth-order valence-electron chi connectivity index (χ4n) is 2.84. The Morgan fingerprint density at radius 1 is 1.00 bits per heavy atom. The molecule has 4 rings (SSSR count). The van der Waals surface area contributed by atoms with Crippen molar-refractivity contribution in [2.45, 2.75) is 6.92 Å². The Morgan fingerprint density at radius 2 is 1.69 bits per heavy atom. The summed E-state index contributed by atoms with van der Waals surface area (Å²) >= 11 is 1.41.